The van der Waals surface area contributed by atoms with Crippen LogP contribution in [0.5, 0.6) is 0 Å². The van der Waals surface area contributed by atoms with Crippen molar-refractivity contribution < 1.29 is 14.3 Å². The summed E-state index contributed by atoms with van der Waals surface area (Å²) in [7, 11) is 1.26. The lowest BCUT2D eigenvalue weighted by Crippen LogP contribution is -2.25. The normalized spacial score (nSPS) is 11.3. The summed E-state index contributed by atoms with van der Waals surface area (Å²) in [6.07, 6.45) is 1.57. The summed E-state index contributed by atoms with van der Waals surface area (Å²) in [6, 6.07) is 5.46. The summed E-state index contributed by atoms with van der Waals surface area (Å²) in [6.45, 7) is 5.40. The van der Waals surface area contributed by atoms with Gasteiger partial charge in [-0.15, -0.1) is 0 Å². The van der Waals surface area contributed by atoms with E-state index in [2.05, 4.69) is 10.1 Å². The molecule has 0 aromatic heterocycles. The van der Waals surface area contributed by atoms with Gasteiger partial charge in [0, 0.05) is 12.6 Å². The van der Waals surface area contributed by atoms with Crippen molar-refractivity contribution in [1.29, 1.82) is 0 Å². The number of carbonyl (C=O) groups excluding carboxylic acids is 2. The predicted octanol–water partition coefficient (Wildman–Crippen LogP) is 2.04. The van der Waals surface area contributed by atoms with E-state index >= 15 is 0 Å². The standard InChI is InChI=1S/C15H20N2O3/c1-9(2)12-7-11(5-6-13(12)16)8-14(15(19)20-4)17-10(3)18/h5-9H,16H2,1-4H3,(H,17,18)/b14-8+. The highest BCUT2D eigenvalue weighted by Gasteiger charge is 2.12. The second kappa shape index (κ2) is 6.75. The lowest BCUT2D eigenvalue weighted by Gasteiger charge is -2.11. The van der Waals surface area contributed by atoms with E-state index in [9.17, 15) is 9.59 Å². The lowest BCUT2D eigenvalue weighted by molar-refractivity contribution is -0.137. The fourth-order valence-electron chi connectivity index (χ4n) is 1.80. The number of methoxy groups -OCH3 is 1. The van der Waals surface area contributed by atoms with Crippen molar-refractivity contribution in [2.24, 2.45) is 0 Å². The number of ether oxygens (including phenoxy) is 1. The summed E-state index contributed by atoms with van der Waals surface area (Å²) in [4.78, 5) is 22.7. The largest absolute Gasteiger partial charge is 0.464 e. The second-order valence-corrected chi connectivity index (χ2v) is 4.77. The molecule has 0 aliphatic carbocycles. The molecule has 5 nitrogen and oxygen atoms in total. The molecule has 5 heteroatoms. The summed E-state index contributed by atoms with van der Waals surface area (Å²) in [5.74, 6) is -0.657. The highest BCUT2D eigenvalue weighted by Crippen LogP contribution is 2.23. The maximum atomic E-state index is 11.6. The van der Waals surface area contributed by atoms with Gasteiger partial charge in [0.05, 0.1) is 7.11 Å². The molecule has 0 saturated carbocycles. The number of nitrogens with one attached hydrogen (secondary N) is 1. The van der Waals surface area contributed by atoms with Gasteiger partial charge in [0.25, 0.3) is 0 Å². The van der Waals surface area contributed by atoms with E-state index in [1.165, 1.54) is 14.0 Å². The smallest absolute Gasteiger partial charge is 0.354 e. The van der Waals surface area contributed by atoms with E-state index < -0.39 is 5.97 Å². The number of benzene rings is 1. The van der Waals surface area contributed by atoms with Crippen LogP contribution < -0.4 is 11.1 Å². The molecule has 0 radical (unpaired) electrons. The van der Waals surface area contributed by atoms with Crippen LogP contribution in [0.4, 0.5) is 5.69 Å². The number of nitrogens with two attached hydrogens (primary N) is 1. The average molecular weight is 276 g/mol. The minimum atomic E-state index is -0.594. The van der Waals surface area contributed by atoms with Gasteiger partial charge in [-0.25, -0.2) is 4.79 Å². The van der Waals surface area contributed by atoms with Gasteiger partial charge < -0.3 is 15.8 Å². The van der Waals surface area contributed by atoms with Crippen LogP contribution in [0.3, 0.4) is 0 Å². The summed E-state index contributed by atoms with van der Waals surface area (Å²) < 4.78 is 4.64. The maximum Gasteiger partial charge on any atom is 0.354 e. The first-order valence-corrected chi connectivity index (χ1v) is 6.32. The van der Waals surface area contributed by atoms with E-state index in [0.717, 1.165) is 11.1 Å². The zero-order valence-corrected chi connectivity index (χ0v) is 12.2. The van der Waals surface area contributed by atoms with Gasteiger partial charge >= 0.3 is 5.97 Å². The van der Waals surface area contributed by atoms with Crippen LogP contribution in [0, 0.1) is 0 Å². The van der Waals surface area contributed by atoms with Crippen molar-refractivity contribution in [1.82, 2.24) is 5.32 Å². The molecular weight excluding hydrogens is 256 g/mol. The van der Waals surface area contributed by atoms with Crippen LogP contribution >= 0.6 is 0 Å². The van der Waals surface area contributed by atoms with Gasteiger partial charge in [-0.2, -0.15) is 0 Å². The molecule has 0 aliphatic rings. The molecule has 0 fully saturated rings. The SMILES string of the molecule is COC(=O)/C(=C\c1ccc(N)c(C(C)C)c1)NC(C)=O. The Hall–Kier alpha value is -2.30. The molecule has 1 amide bonds. The van der Waals surface area contributed by atoms with Crippen LogP contribution in [0.1, 0.15) is 37.8 Å². The highest BCUT2D eigenvalue weighted by atomic mass is 16.5. The number of carbonyl (C=O) groups is 2. The maximum absolute atomic E-state index is 11.6. The fourth-order valence-corrected chi connectivity index (χ4v) is 1.80. The average Bonchev–Trinajstić information content (AvgIpc) is 2.38. The summed E-state index contributed by atoms with van der Waals surface area (Å²) in [5, 5.41) is 2.46. The molecule has 3 N–H and O–H groups in total. The van der Waals surface area contributed by atoms with E-state index in [1.807, 2.05) is 19.9 Å². The predicted molar refractivity (Wildman–Crippen MR) is 78.8 cm³/mol. The first-order chi connectivity index (χ1) is 9.35. The summed E-state index contributed by atoms with van der Waals surface area (Å²) in [5.41, 5.74) is 8.47. The first kappa shape index (κ1) is 15.8. The molecule has 20 heavy (non-hydrogen) atoms. The van der Waals surface area contributed by atoms with E-state index in [-0.39, 0.29) is 17.5 Å². The Balaban J connectivity index is 3.20. The van der Waals surface area contributed by atoms with Crippen molar-refractivity contribution in [2.45, 2.75) is 26.7 Å². The van der Waals surface area contributed by atoms with Crippen LogP contribution in [0.15, 0.2) is 23.9 Å². The van der Waals surface area contributed by atoms with Crippen molar-refractivity contribution >= 4 is 23.6 Å². The molecule has 0 aliphatic heterocycles. The third kappa shape index (κ3) is 4.12. The summed E-state index contributed by atoms with van der Waals surface area (Å²) >= 11 is 0. The zero-order chi connectivity index (χ0) is 15.3. The van der Waals surface area contributed by atoms with E-state index in [4.69, 9.17) is 5.73 Å². The Morgan fingerprint density at radius 2 is 2.00 bits per heavy atom. The third-order valence-electron chi connectivity index (χ3n) is 2.76. The monoisotopic (exact) mass is 276 g/mol. The lowest BCUT2D eigenvalue weighted by atomic mass is 9.98. The quantitative estimate of drug-likeness (QED) is 0.501. The Morgan fingerprint density at radius 1 is 1.35 bits per heavy atom. The Morgan fingerprint density at radius 3 is 2.50 bits per heavy atom. The van der Waals surface area contributed by atoms with Crippen LogP contribution in [-0.4, -0.2) is 19.0 Å². The number of hydrogen-bond acceptors (Lipinski definition) is 4. The van der Waals surface area contributed by atoms with Crippen LogP contribution in [0.25, 0.3) is 6.08 Å². The minimum Gasteiger partial charge on any atom is -0.464 e. The molecular formula is C15H20N2O3. The van der Waals surface area contributed by atoms with Gasteiger partial charge in [0.2, 0.25) is 5.91 Å². The molecule has 0 atom stereocenters. The number of rotatable bonds is 4. The van der Waals surface area contributed by atoms with Crippen molar-refractivity contribution in [3.63, 3.8) is 0 Å². The number of amides is 1. The van der Waals surface area contributed by atoms with Crippen molar-refractivity contribution in [2.75, 3.05) is 12.8 Å². The Labute approximate surface area is 118 Å². The Kier molecular flexibility index (Phi) is 5.32. The molecule has 1 aromatic rings. The van der Waals surface area contributed by atoms with Gasteiger partial charge in [-0.1, -0.05) is 19.9 Å². The molecule has 0 bridgehead atoms. The van der Waals surface area contributed by atoms with Crippen LogP contribution in [-0.2, 0) is 14.3 Å². The number of anilines is 1. The highest BCUT2D eigenvalue weighted by molar-refractivity contribution is 5.97. The zero-order valence-electron chi connectivity index (χ0n) is 12.2. The molecule has 1 rings (SSSR count). The minimum absolute atomic E-state index is 0.0967. The van der Waals surface area contributed by atoms with Gasteiger partial charge in [-0.3, -0.25) is 4.79 Å². The van der Waals surface area contributed by atoms with Gasteiger partial charge in [-0.05, 0) is 35.3 Å². The van der Waals surface area contributed by atoms with Gasteiger partial charge in [0.1, 0.15) is 5.70 Å². The van der Waals surface area contributed by atoms with Crippen LogP contribution in [0.2, 0.25) is 0 Å². The second-order valence-electron chi connectivity index (χ2n) is 4.77. The van der Waals surface area contributed by atoms with Gasteiger partial charge in [0.15, 0.2) is 0 Å². The topological polar surface area (TPSA) is 81.4 Å². The van der Waals surface area contributed by atoms with Crippen molar-refractivity contribution in [3.05, 3.63) is 35.0 Å². The van der Waals surface area contributed by atoms with E-state index in [1.54, 1.807) is 18.2 Å². The Bertz CT molecular complexity index is 548. The molecule has 108 valence electrons. The molecule has 0 spiro atoms. The number of esters is 1. The van der Waals surface area contributed by atoms with E-state index in [0.29, 0.717) is 5.69 Å². The number of hydrogen-bond donors (Lipinski definition) is 2. The third-order valence-corrected chi connectivity index (χ3v) is 2.76. The molecule has 1 aromatic carbocycles. The fraction of sp³-hybridized carbons (Fsp3) is 0.333. The van der Waals surface area contributed by atoms with Crippen molar-refractivity contribution in [3.8, 4) is 0 Å². The number of nitrogen functional groups attached to an aromatic ring is 1. The molecule has 0 unspecified atom stereocenters. The molecule has 0 saturated heterocycles. The first-order valence-electron chi connectivity index (χ1n) is 6.32. The molecule has 0 heterocycles.